The van der Waals surface area contributed by atoms with Crippen LogP contribution in [0.2, 0.25) is 5.02 Å². The van der Waals surface area contributed by atoms with Gasteiger partial charge < -0.3 is 10.1 Å². The number of thiazole rings is 1. The van der Waals surface area contributed by atoms with Crippen LogP contribution in [-0.2, 0) is 17.5 Å². The molecular formula is C18H14ClF5N4O2S. The van der Waals surface area contributed by atoms with E-state index in [0.717, 1.165) is 16.0 Å². The minimum atomic E-state index is -4.68. The third kappa shape index (κ3) is 5.70. The molecule has 13 heteroatoms. The molecule has 2 aromatic heterocycles. The molecule has 0 saturated carbocycles. The highest BCUT2D eigenvalue weighted by molar-refractivity contribution is 7.14. The molecule has 0 aliphatic rings. The number of carbonyl (C=O) groups excluding carboxylic acids is 1. The first kappa shape index (κ1) is 22.9. The van der Waals surface area contributed by atoms with Crippen LogP contribution in [0.25, 0.3) is 11.3 Å². The van der Waals surface area contributed by atoms with Gasteiger partial charge in [-0.15, -0.1) is 11.3 Å². The van der Waals surface area contributed by atoms with Gasteiger partial charge in [-0.2, -0.15) is 27.1 Å². The molecule has 0 atom stereocenters. The van der Waals surface area contributed by atoms with Crippen LogP contribution in [0.5, 0.6) is 5.75 Å². The molecule has 0 radical (unpaired) electrons. The molecule has 3 rings (SSSR count). The molecule has 0 fully saturated rings. The number of carbonyl (C=O) groups is 1. The summed E-state index contributed by atoms with van der Waals surface area (Å²) < 4.78 is 68.3. The van der Waals surface area contributed by atoms with Gasteiger partial charge in [0.15, 0.2) is 10.8 Å². The monoisotopic (exact) mass is 480 g/mol. The summed E-state index contributed by atoms with van der Waals surface area (Å²) in [5.74, 6) is -0.466. The third-order valence-electron chi connectivity index (χ3n) is 4.08. The number of hydrogen-bond donors (Lipinski definition) is 1. The average molecular weight is 481 g/mol. The Hall–Kier alpha value is -2.73. The summed E-state index contributed by atoms with van der Waals surface area (Å²) in [4.78, 5) is 16.4. The predicted octanol–water partition coefficient (Wildman–Crippen LogP) is 5.62. The fourth-order valence-electron chi connectivity index (χ4n) is 2.58. The van der Waals surface area contributed by atoms with E-state index in [1.54, 1.807) is 17.5 Å². The van der Waals surface area contributed by atoms with Gasteiger partial charge in [-0.05, 0) is 31.2 Å². The highest BCUT2D eigenvalue weighted by Crippen LogP contribution is 2.35. The molecule has 3 aromatic rings. The van der Waals surface area contributed by atoms with Gasteiger partial charge in [0.05, 0.1) is 23.0 Å². The zero-order valence-electron chi connectivity index (χ0n) is 15.7. The fourth-order valence-corrected chi connectivity index (χ4v) is 3.56. The maximum absolute atomic E-state index is 12.9. The summed E-state index contributed by atoms with van der Waals surface area (Å²) in [7, 11) is 0. The number of aryl methyl sites for hydroxylation is 1. The molecule has 31 heavy (non-hydrogen) atoms. The van der Waals surface area contributed by atoms with Gasteiger partial charge in [0.1, 0.15) is 5.75 Å². The number of benzene rings is 1. The Bertz CT molecular complexity index is 1070. The lowest BCUT2D eigenvalue weighted by Gasteiger charge is -2.05. The molecule has 1 N–H and O–H groups in total. The zero-order valence-corrected chi connectivity index (χ0v) is 17.3. The van der Waals surface area contributed by atoms with Crippen LogP contribution in [0.3, 0.4) is 0 Å². The largest absolute Gasteiger partial charge is 0.436 e. The first-order chi connectivity index (χ1) is 14.5. The lowest BCUT2D eigenvalue weighted by atomic mass is 10.2. The SMILES string of the molecule is Cc1c(Cl)c(C(F)(F)F)nn1CCC(=O)Nc1nc(-c2ccc(OC(F)F)cc2)cs1. The van der Waals surface area contributed by atoms with Crippen molar-refractivity contribution in [1.29, 1.82) is 0 Å². The molecule has 0 unspecified atom stereocenters. The van der Waals surface area contributed by atoms with Crippen LogP contribution >= 0.6 is 22.9 Å². The van der Waals surface area contributed by atoms with E-state index in [2.05, 4.69) is 20.1 Å². The van der Waals surface area contributed by atoms with Crippen molar-refractivity contribution in [2.45, 2.75) is 32.7 Å². The number of rotatable bonds is 7. The van der Waals surface area contributed by atoms with E-state index in [4.69, 9.17) is 11.6 Å². The summed E-state index contributed by atoms with van der Waals surface area (Å²) in [6.45, 7) is -1.64. The molecular weight excluding hydrogens is 467 g/mol. The number of hydrogen-bond acceptors (Lipinski definition) is 5. The fraction of sp³-hybridized carbons (Fsp3) is 0.278. The predicted molar refractivity (Wildman–Crippen MR) is 104 cm³/mol. The minimum Gasteiger partial charge on any atom is -0.435 e. The summed E-state index contributed by atoms with van der Waals surface area (Å²) in [5.41, 5.74) is 0.0486. The second-order valence-electron chi connectivity index (χ2n) is 6.21. The number of aromatic nitrogens is 3. The Morgan fingerprint density at radius 2 is 1.97 bits per heavy atom. The molecule has 1 aromatic carbocycles. The van der Waals surface area contributed by atoms with Gasteiger partial charge in [-0.3, -0.25) is 9.48 Å². The molecule has 2 heterocycles. The van der Waals surface area contributed by atoms with Crippen LogP contribution in [0.4, 0.5) is 27.1 Å². The normalized spacial score (nSPS) is 11.7. The second-order valence-corrected chi connectivity index (χ2v) is 7.44. The number of halogens is 6. The van der Waals surface area contributed by atoms with E-state index in [-0.39, 0.29) is 29.5 Å². The van der Waals surface area contributed by atoms with E-state index in [0.29, 0.717) is 11.3 Å². The van der Waals surface area contributed by atoms with Gasteiger partial charge >= 0.3 is 12.8 Å². The zero-order chi connectivity index (χ0) is 22.8. The molecule has 0 aliphatic carbocycles. The van der Waals surface area contributed by atoms with Gasteiger partial charge in [-0.25, -0.2) is 4.98 Å². The van der Waals surface area contributed by atoms with Gasteiger partial charge in [0, 0.05) is 17.4 Å². The van der Waals surface area contributed by atoms with Crippen molar-refractivity contribution in [1.82, 2.24) is 14.8 Å². The second kappa shape index (κ2) is 9.18. The van der Waals surface area contributed by atoms with Crippen molar-refractivity contribution in [2.75, 3.05) is 5.32 Å². The van der Waals surface area contributed by atoms with Crippen molar-refractivity contribution in [3.8, 4) is 17.0 Å². The van der Waals surface area contributed by atoms with Crippen LogP contribution < -0.4 is 10.1 Å². The number of amides is 1. The minimum absolute atomic E-state index is 0.00482. The Morgan fingerprint density at radius 3 is 2.55 bits per heavy atom. The van der Waals surface area contributed by atoms with Crippen molar-refractivity contribution < 1.29 is 31.5 Å². The van der Waals surface area contributed by atoms with E-state index in [1.807, 2.05) is 0 Å². The summed E-state index contributed by atoms with van der Waals surface area (Å²) in [5, 5.41) is 7.43. The van der Waals surface area contributed by atoms with Crippen molar-refractivity contribution in [3.05, 3.63) is 46.1 Å². The van der Waals surface area contributed by atoms with Crippen molar-refractivity contribution in [3.63, 3.8) is 0 Å². The Balaban J connectivity index is 1.59. The Labute approximate surface area is 181 Å². The summed E-state index contributed by atoms with van der Waals surface area (Å²) >= 11 is 6.82. The van der Waals surface area contributed by atoms with E-state index in [1.165, 1.54) is 19.1 Å². The van der Waals surface area contributed by atoms with Gasteiger partial charge in [0.2, 0.25) is 5.91 Å². The maximum atomic E-state index is 12.9. The number of ether oxygens (including phenoxy) is 1. The van der Waals surface area contributed by atoms with Crippen molar-refractivity contribution >= 4 is 34.0 Å². The first-order valence-electron chi connectivity index (χ1n) is 8.65. The quantitative estimate of drug-likeness (QED) is 0.446. The van der Waals surface area contributed by atoms with E-state index < -0.39 is 29.4 Å². The third-order valence-corrected chi connectivity index (χ3v) is 5.29. The van der Waals surface area contributed by atoms with Crippen LogP contribution in [0.15, 0.2) is 29.6 Å². The lowest BCUT2D eigenvalue weighted by Crippen LogP contribution is -2.16. The van der Waals surface area contributed by atoms with Gasteiger partial charge in [0.25, 0.3) is 0 Å². The standard InChI is InChI=1S/C18H14ClF5N4O2S/c1-9-14(19)15(18(22,23)24)27-28(9)7-6-13(29)26-17-25-12(8-31-17)10-2-4-11(5-3-10)30-16(20)21/h2-5,8,16H,6-7H2,1H3,(H,25,26,29). The average Bonchev–Trinajstić information content (AvgIpc) is 3.25. The molecule has 166 valence electrons. The summed E-state index contributed by atoms with van der Waals surface area (Å²) in [6, 6.07) is 5.82. The topological polar surface area (TPSA) is 69.0 Å². The van der Waals surface area contributed by atoms with Crippen LogP contribution in [0.1, 0.15) is 17.8 Å². The Morgan fingerprint density at radius 1 is 1.29 bits per heavy atom. The molecule has 0 spiro atoms. The van der Waals surface area contributed by atoms with Crippen LogP contribution in [0, 0.1) is 6.92 Å². The smallest absolute Gasteiger partial charge is 0.435 e. The van der Waals surface area contributed by atoms with Gasteiger partial charge in [-0.1, -0.05) is 11.6 Å². The highest BCUT2D eigenvalue weighted by atomic mass is 35.5. The van der Waals surface area contributed by atoms with Crippen molar-refractivity contribution in [2.24, 2.45) is 0 Å². The Kier molecular flexibility index (Phi) is 6.80. The lowest BCUT2D eigenvalue weighted by molar-refractivity contribution is -0.141. The molecule has 1 amide bonds. The number of nitrogens with zero attached hydrogens (tertiary/aromatic N) is 3. The maximum Gasteiger partial charge on any atom is 0.436 e. The molecule has 0 aliphatic heterocycles. The van der Waals surface area contributed by atoms with E-state index >= 15 is 0 Å². The molecule has 6 nitrogen and oxygen atoms in total. The first-order valence-corrected chi connectivity index (χ1v) is 9.91. The number of alkyl halides is 5. The summed E-state index contributed by atoms with van der Waals surface area (Å²) in [6.07, 6.45) is -4.83. The molecule has 0 saturated heterocycles. The van der Waals surface area contributed by atoms with Crippen LogP contribution in [-0.4, -0.2) is 27.3 Å². The highest BCUT2D eigenvalue weighted by Gasteiger charge is 2.38. The number of anilines is 1. The number of nitrogens with one attached hydrogen (secondary N) is 1. The molecule has 0 bridgehead atoms. The van der Waals surface area contributed by atoms with E-state index in [9.17, 15) is 26.7 Å².